The van der Waals surface area contributed by atoms with Gasteiger partial charge in [-0.1, -0.05) is 6.07 Å². The molecule has 0 bridgehead atoms. The average molecular weight is 438 g/mol. The van der Waals surface area contributed by atoms with Crippen molar-refractivity contribution in [3.63, 3.8) is 0 Å². The standard InChI is InChI=1S/C21H25F3N4O3/c22-21(23,24)17-2-1-13(8-25-17)5-14-6-20(7-14)11-28(12-20)19(30)27-4-3-16-15(9-27)26-18(29)10-31-16/h1-2,8,14-16H,3-7,9-12H2,(H,26,29)/t15-,16+/m1/s1. The molecule has 1 N–H and O–H groups in total. The van der Waals surface area contributed by atoms with Crippen LogP contribution >= 0.6 is 0 Å². The van der Waals surface area contributed by atoms with Gasteiger partial charge in [-0.3, -0.25) is 9.78 Å². The van der Waals surface area contributed by atoms with Crippen LogP contribution in [-0.4, -0.2) is 71.7 Å². The number of alkyl halides is 3. The third-order valence-electron chi connectivity index (χ3n) is 7.00. The fourth-order valence-electron chi connectivity index (χ4n) is 5.59. The first-order valence-electron chi connectivity index (χ1n) is 10.7. The Morgan fingerprint density at radius 1 is 1.26 bits per heavy atom. The van der Waals surface area contributed by atoms with Gasteiger partial charge in [0.25, 0.3) is 0 Å². The Labute approximate surface area is 177 Å². The van der Waals surface area contributed by atoms with Crippen molar-refractivity contribution < 1.29 is 27.5 Å². The highest BCUT2D eigenvalue weighted by Gasteiger charge is 2.54. The summed E-state index contributed by atoms with van der Waals surface area (Å²) in [5.74, 6) is 0.281. The first-order chi connectivity index (χ1) is 14.7. The molecular formula is C21H25F3N4O3. The minimum Gasteiger partial charge on any atom is -0.366 e. The summed E-state index contributed by atoms with van der Waals surface area (Å²) in [4.78, 5) is 31.6. The molecule has 3 saturated heterocycles. The fraction of sp³-hybridized carbons (Fsp3) is 0.667. The lowest BCUT2D eigenvalue weighted by molar-refractivity contribution is -0.141. The molecule has 5 rings (SSSR count). The predicted molar refractivity (Wildman–Crippen MR) is 103 cm³/mol. The molecule has 0 radical (unpaired) electrons. The van der Waals surface area contributed by atoms with E-state index in [0.717, 1.165) is 50.4 Å². The Morgan fingerprint density at radius 2 is 2.03 bits per heavy atom. The van der Waals surface area contributed by atoms with Crippen molar-refractivity contribution in [1.82, 2.24) is 20.1 Å². The Bertz CT molecular complexity index is 862. The summed E-state index contributed by atoms with van der Waals surface area (Å²) in [7, 11) is 0. The van der Waals surface area contributed by atoms with E-state index in [9.17, 15) is 22.8 Å². The van der Waals surface area contributed by atoms with Crippen LogP contribution in [0.4, 0.5) is 18.0 Å². The molecule has 0 unspecified atom stereocenters. The van der Waals surface area contributed by atoms with Crippen molar-refractivity contribution in [3.05, 3.63) is 29.6 Å². The summed E-state index contributed by atoms with van der Waals surface area (Å²) in [5.41, 5.74) is 0.109. The Morgan fingerprint density at radius 3 is 2.71 bits per heavy atom. The first-order valence-corrected chi connectivity index (χ1v) is 10.7. The van der Waals surface area contributed by atoms with Gasteiger partial charge < -0.3 is 19.9 Å². The molecule has 31 heavy (non-hydrogen) atoms. The minimum atomic E-state index is -4.41. The van der Waals surface area contributed by atoms with E-state index < -0.39 is 11.9 Å². The Kier molecular flexibility index (Phi) is 4.87. The summed E-state index contributed by atoms with van der Waals surface area (Å²) < 4.78 is 43.4. The van der Waals surface area contributed by atoms with Crippen LogP contribution in [0.5, 0.6) is 0 Å². The van der Waals surface area contributed by atoms with Gasteiger partial charge in [0.2, 0.25) is 5.91 Å². The topological polar surface area (TPSA) is 74.8 Å². The van der Waals surface area contributed by atoms with Crippen LogP contribution in [0.1, 0.15) is 30.5 Å². The summed E-state index contributed by atoms with van der Waals surface area (Å²) in [5, 5.41) is 2.91. The van der Waals surface area contributed by atoms with E-state index in [1.54, 1.807) is 4.90 Å². The maximum Gasteiger partial charge on any atom is 0.433 e. The lowest BCUT2D eigenvalue weighted by atomic mass is 9.56. The number of rotatable bonds is 2. The van der Waals surface area contributed by atoms with Crippen molar-refractivity contribution in [1.29, 1.82) is 0 Å². The second-order valence-corrected chi connectivity index (χ2v) is 9.42. The zero-order valence-corrected chi connectivity index (χ0v) is 17.0. The normalized spacial score (nSPS) is 27.9. The van der Waals surface area contributed by atoms with Crippen LogP contribution in [0.25, 0.3) is 0 Å². The Hall–Kier alpha value is -2.36. The lowest BCUT2D eigenvalue weighted by Crippen LogP contribution is -2.68. The molecule has 4 fully saturated rings. The predicted octanol–water partition coefficient (Wildman–Crippen LogP) is 2.06. The van der Waals surface area contributed by atoms with Crippen molar-refractivity contribution in [2.24, 2.45) is 11.3 Å². The number of hydrogen-bond acceptors (Lipinski definition) is 4. The molecule has 10 heteroatoms. The van der Waals surface area contributed by atoms with Crippen molar-refractivity contribution in [2.75, 3.05) is 32.8 Å². The lowest BCUT2D eigenvalue weighted by Gasteiger charge is -2.60. The summed E-state index contributed by atoms with van der Waals surface area (Å²) in [6.07, 6.45) is 0.290. The van der Waals surface area contributed by atoms with E-state index >= 15 is 0 Å². The molecule has 7 nitrogen and oxygen atoms in total. The molecule has 1 spiro atoms. The number of carbonyl (C=O) groups excluding carboxylic acids is 2. The number of hydrogen-bond donors (Lipinski definition) is 1. The molecule has 4 heterocycles. The first kappa shape index (κ1) is 20.5. The van der Waals surface area contributed by atoms with Gasteiger partial charge in [-0.25, -0.2) is 4.79 Å². The van der Waals surface area contributed by atoms with Crippen LogP contribution in [0.2, 0.25) is 0 Å². The number of urea groups is 1. The van der Waals surface area contributed by atoms with Gasteiger partial charge in [-0.05, 0) is 43.2 Å². The molecule has 1 aliphatic carbocycles. The molecular weight excluding hydrogens is 413 g/mol. The quantitative estimate of drug-likeness (QED) is 0.767. The van der Waals surface area contributed by atoms with E-state index in [1.807, 2.05) is 4.90 Å². The molecule has 1 aromatic rings. The second kappa shape index (κ2) is 7.36. The monoisotopic (exact) mass is 438 g/mol. The van der Waals surface area contributed by atoms with Crippen molar-refractivity contribution in [2.45, 2.75) is 44.0 Å². The molecule has 2 atom stereocenters. The third-order valence-corrected chi connectivity index (χ3v) is 7.00. The maximum atomic E-state index is 12.8. The van der Waals surface area contributed by atoms with Gasteiger partial charge in [0, 0.05) is 37.8 Å². The van der Waals surface area contributed by atoms with Gasteiger partial charge in [0.15, 0.2) is 0 Å². The SMILES string of the molecule is O=C1CO[C@H]2CCN(C(=O)N3CC4(CC(Cc5ccc(C(F)(F)F)nc5)C4)C3)C[C@H]2N1. The highest BCUT2D eigenvalue weighted by molar-refractivity contribution is 5.79. The van der Waals surface area contributed by atoms with Crippen molar-refractivity contribution >= 4 is 11.9 Å². The number of likely N-dealkylation sites (tertiary alicyclic amines) is 2. The van der Waals surface area contributed by atoms with Crippen LogP contribution in [0.3, 0.4) is 0 Å². The number of amides is 3. The molecule has 4 aliphatic rings. The number of nitrogens with one attached hydrogen (secondary N) is 1. The highest BCUT2D eigenvalue weighted by atomic mass is 19.4. The van der Waals surface area contributed by atoms with E-state index in [4.69, 9.17) is 4.74 Å². The number of nitrogens with zero attached hydrogens (tertiary/aromatic N) is 3. The number of fused-ring (bicyclic) bond motifs is 1. The average Bonchev–Trinajstić information content (AvgIpc) is 2.67. The molecule has 1 saturated carbocycles. The number of carbonyl (C=O) groups is 2. The van der Waals surface area contributed by atoms with Crippen LogP contribution < -0.4 is 5.32 Å². The van der Waals surface area contributed by atoms with E-state index in [1.165, 1.54) is 12.3 Å². The van der Waals surface area contributed by atoms with Crippen LogP contribution in [0.15, 0.2) is 18.3 Å². The molecule has 3 aliphatic heterocycles. The summed E-state index contributed by atoms with van der Waals surface area (Å²) in [6.45, 7) is 2.64. The van der Waals surface area contributed by atoms with Crippen LogP contribution in [-0.2, 0) is 22.1 Å². The molecule has 0 aromatic carbocycles. The second-order valence-electron chi connectivity index (χ2n) is 9.42. The number of halogens is 3. The van der Waals surface area contributed by atoms with Gasteiger partial charge >= 0.3 is 12.2 Å². The van der Waals surface area contributed by atoms with Crippen LogP contribution in [0, 0.1) is 11.3 Å². The van der Waals surface area contributed by atoms with Gasteiger partial charge in [0.05, 0.1) is 12.1 Å². The molecule has 3 amide bonds. The maximum absolute atomic E-state index is 12.8. The number of pyridine rings is 1. The number of morpholine rings is 1. The van der Waals surface area contributed by atoms with Crippen molar-refractivity contribution in [3.8, 4) is 0 Å². The summed E-state index contributed by atoms with van der Waals surface area (Å²) >= 11 is 0. The minimum absolute atomic E-state index is 0.0132. The van der Waals surface area contributed by atoms with Gasteiger partial charge in [-0.2, -0.15) is 13.2 Å². The third kappa shape index (κ3) is 3.97. The zero-order valence-electron chi connectivity index (χ0n) is 17.0. The van der Waals surface area contributed by atoms with Gasteiger partial charge in [-0.15, -0.1) is 0 Å². The largest absolute Gasteiger partial charge is 0.433 e. The van der Waals surface area contributed by atoms with Gasteiger partial charge in [0.1, 0.15) is 12.3 Å². The number of ether oxygens (including phenoxy) is 1. The molecule has 1 aromatic heterocycles. The van der Waals surface area contributed by atoms with E-state index in [0.29, 0.717) is 19.0 Å². The smallest absolute Gasteiger partial charge is 0.366 e. The number of aromatic nitrogens is 1. The zero-order chi connectivity index (χ0) is 21.8. The highest BCUT2D eigenvalue weighted by Crippen LogP contribution is 2.53. The Balaban J connectivity index is 1.08. The summed E-state index contributed by atoms with van der Waals surface area (Å²) in [6, 6.07) is 2.42. The molecule has 168 valence electrons. The van der Waals surface area contributed by atoms with E-state index in [-0.39, 0.29) is 36.1 Å². The number of piperidine rings is 1. The fourth-order valence-corrected chi connectivity index (χ4v) is 5.59. The van der Waals surface area contributed by atoms with E-state index in [2.05, 4.69) is 10.3 Å².